The topological polar surface area (TPSA) is 3.24 Å². The van der Waals surface area contributed by atoms with Gasteiger partial charge in [0.1, 0.15) is 0 Å². The molecule has 0 aromatic rings. The van der Waals surface area contributed by atoms with E-state index in [2.05, 4.69) is 18.7 Å². The molecule has 1 rings (SSSR count). The lowest BCUT2D eigenvalue weighted by molar-refractivity contribution is 0.110. The molecule has 72 valence electrons. The summed E-state index contributed by atoms with van der Waals surface area (Å²) in [5, 5.41) is 0. The van der Waals surface area contributed by atoms with Gasteiger partial charge in [0, 0.05) is 12.6 Å². The molecule has 0 saturated carbocycles. The first kappa shape index (κ1) is 9.97. The molecule has 0 amide bonds. The molecule has 0 aliphatic carbocycles. The highest BCUT2D eigenvalue weighted by atomic mass is 19.1. The second-order valence-corrected chi connectivity index (χ2v) is 3.94. The highest BCUT2D eigenvalue weighted by Gasteiger charge is 2.23. The van der Waals surface area contributed by atoms with Gasteiger partial charge in [-0.1, -0.05) is 6.92 Å². The third-order valence-electron chi connectivity index (χ3n) is 3.08. The minimum atomic E-state index is -0.169. The molecule has 0 aromatic carbocycles. The number of piperidine rings is 1. The van der Waals surface area contributed by atoms with Crippen LogP contribution in [0.3, 0.4) is 0 Å². The van der Waals surface area contributed by atoms with E-state index in [0.717, 1.165) is 12.5 Å². The fourth-order valence-corrected chi connectivity index (χ4v) is 2.00. The van der Waals surface area contributed by atoms with Gasteiger partial charge in [-0.15, -0.1) is 0 Å². The molecule has 0 N–H and O–H groups in total. The van der Waals surface area contributed by atoms with E-state index in [0.29, 0.717) is 12.5 Å². The number of rotatable bonds is 3. The number of nitrogens with zero attached hydrogens (tertiary/aromatic N) is 1. The molecule has 1 aliphatic heterocycles. The van der Waals surface area contributed by atoms with Gasteiger partial charge in [-0.25, -0.2) is 0 Å². The summed E-state index contributed by atoms with van der Waals surface area (Å²) in [6.07, 6.45) is 3.34. The Hall–Kier alpha value is -0.110. The van der Waals surface area contributed by atoms with E-state index in [1.165, 1.54) is 19.4 Å². The van der Waals surface area contributed by atoms with Crippen molar-refractivity contribution in [1.29, 1.82) is 0 Å². The summed E-state index contributed by atoms with van der Waals surface area (Å²) in [4.78, 5) is 2.42. The summed E-state index contributed by atoms with van der Waals surface area (Å²) in [5.74, 6) is 0.790. The van der Waals surface area contributed by atoms with Gasteiger partial charge in [-0.2, -0.15) is 0 Å². The number of alkyl halides is 1. The molecule has 2 unspecified atom stereocenters. The molecule has 1 saturated heterocycles. The molecule has 1 fully saturated rings. The minimum Gasteiger partial charge on any atom is -0.300 e. The van der Waals surface area contributed by atoms with E-state index < -0.39 is 0 Å². The number of hydrogen-bond donors (Lipinski definition) is 0. The largest absolute Gasteiger partial charge is 0.300 e. The zero-order valence-corrected chi connectivity index (χ0v) is 8.22. The fourth-order valence-electron chi connectivity index (χ4n) is 2.00. The molecule has 0 aromatic heterocycles. The average Bonchev–Trinajstić information content (AvgIpc) is 2.08. The lowest BCUT2D eigenvalue weighted by Crippen LogP contribution is -2.42. The van der Waals surface area contributed by atoms with Crippen LogP contribution in [-0.2, 0) is 0 Å². The van der Waals surface area contributed by atoms with Gasteiger partial charge in [0.15, 0.2) is 0 Å². The quantitative estimate of drug-likeness (QED) is 0.633. The van der Waals surface area contributed by atoms with Gasteiger partial charge < -0.3 is 4.90 Å². The first-order chi connectivity index (χ1) is 5.75. The Kier molecular flexibility index (Phi) is 3.99. The van der Waals surface area contributed by atoms with Crippen molar-refractivity contribution in [2.45, 2.75) is 39.2 Å². The Morgan fingerprint density at radius 2 is 2.17 bits per heavy atom. The standard InChI is InChI=1S/C10H20FN/c1-9-5-3-7-12(10(9)2)8-4-6-11/h9-10H,3-8H2,1-2H3. The monoisotopic (exact) mass is 173 g/mol. The maximum absolute atomic E-state index is 11.9. The molecule has 0 bridgehead atoms. The van der Waals surface area contributed by atoms with Gasteiger partial charge in [-0.3, -0.25) is 4.39 Å². The van der Waals surface area contributed by atoms with Crippen molar-refractivity contribution < 1.29 is 4.39 Å². The van der Waals surface area contributed by atoms with Crippen molar-refractivity contribution in [3.8, 4) is 0 Å². The summed E-state index contributed by atoms with van der Waals surface area (Å²) in [6, 6.07) is 0.658. The average molecular weight is 173 g/mol. The van der Waals surface area contributed by atoms with Crippen LogP contribution in [0.2, 0.25) is 0 Å². The maximum Gasteiger partial charge on any atom is 0.0906 e. The van der Waals surface area contributed by atoms with Crippen molar-refractivity contribution >= 4 is 0 Å². The van der Waals surface area contributed by atoms with Gasteiger partial charge in [0.25, 0.3) is 0 Å². The molecule has 1 aliphatic rings. The lowest BCUT2D eigenvalue weighted by atomic mass is 9.92. The molecule has 2 atom stereocenters. The van der Waals surface area contributed by atoms with Crippen LogP contribution >= 0.6 is 0 Å². The highest BCUT2D eigenvalue weighted by Crippen LogP contribution is 2.22. The zero-order chi connectivity index (χ0) is 8.97. The van der Waals surface area contributed by atoms with E-state index in [-0.39, 0.29) is 6.67 Å². The van der Waals surface area contributed by atoms with Crippen LogP contribution in [0.4, 0.5) is 4.39 Å². The van der Waals surface area contributed by atoms with Crippen molar-refractivity contribution in [3.63, 3.8) is 0 Å². The Bertz CT molecular complexity index is 127. The molecule has 12 heavy (non-hydrogen) atoms. The Morgan fingerprint density at radius 3 is 2.83 bits per heavy atom. The van der Waals surface area contributed by atoms with E-state index in [4.69, 9.17) is 0 Å². The number of likely N-dealkylation sites (tertiary alicyclic amines) is 1. The fraction of sp³-hybridized carbons (Fsp3) is 1.00. The molecule has 0 spiro atoms. The van der Waals surface area contributed by atoms with E-state index in [9.17, 15) is 4.39 Å². The first-order valence-corrected chi connectivity index (χ1v) is 5.05. The predicted molar refractivity (Wildman–Crippen MR) is 50.0 cm³/mol. The Labute approximate surface area is 74.9 Å². The molecule has 1 heterocycles. The van der Waals surface area contributed by atoms with Crippen molar-refractivity contribution in [2.75, 3.05) is 19.8 Å². The summed E-state index contributed by atoms with van der Waals surface area (Å²) in [5.41, 5.74) is 0. The summed E-state index contributed by atoms with van der Waals surface area (Å²) in [6.45, 7) is 6.51. The third-order valence-corrected chi connectivity index (χ3v) is 3.08. The van der Waals surface area contributed by atoms with Crippen molar-refractivity contribution in [3.05, 3.63) is 0 Å². The van der Waals surface area contributed by atoms with Crippen LogP contribution in [0.15, 0.2) is 0 Å². The van der Waals surface area contributed by atoms with Crippen LogP contribution in [0, 0.1) is 5.92 Å². The molecular formula is C10H20FN. The number of halogens is 1. The third kappa shape index (κ3) is 2.44. The smallest absolute Gasteiger partial charge is 0.0906 e. The SMILES string of the molecule is CC1CCCN(CCCF)C1C. The van der Waals surface area contributed by atoms with Crippen LogP contribution in [0.5, 0.6) is 0 Å². The van der Waals surface area contributed by atoms with Gasteiger partial charge >= 0.3 is 0 Å². The van der Waals surface area contributed by atoms with E-state index in [1.54, 1.807) is 0 Å². The van der Waals surface area contributed by atoms with Crippen molar-refractivity contribution in [2.24, 2.45) is 5.92 Å². The predicted octanol–water partition coefficient (Wildman–Crippen LogP) is 2.47. The minimum absolute atomic E-state index is 0.169. The van der Waals surface area contributed by atoms with Crippen molar-refractivity contribution in [1.82, 2.24) is 4.90 Å². The summed E-state index contributed by atoms with van der Waals surface area (Å²) in [7, 11) is 0. The van der Waals surface area contributed by atoms with Crippen LogP contribution in [-0.4, -0.2) is 30.7 Å². The molecule has 2 heteroatoms. The second-order valence-electron chi connectivity index (χ2n) is 3.94. The highest BCUT2D eigenvalue weighted by molar-refractivity contribution is 4.78. The molecular weight excluding hydrogens is 153 g/mol. The van der Waals surface area contributed by atoms with Gasteiger partial charge in [0.2, 0.25) is 0 Å². The van der Waals surface area contributed by atoms with Gasteiger partial charge in [-0.05, 0) is 38.6 Å². The van der Waals surface area contributed by atoms with E-state index >= 15 is 0 Å². The Balaban J connectivity index is 2.30. The molecule has 0 radical (unpaired) electrons. The first-order valence-electron chi connectivity index (χ1n) is 5.05. The Morgan fingerprint density at radius 1 is 1.42 bits per heavy atom. The van der Waals surface area contributed by atoms with Gasteiger partial charge in [0.05, 0.1) is 6.67 Å². The second kappa shape index (κ2) is 4.80. The van der Waals surface area contributed by atoms with Crippen LogP contribution in [0.1, 0.15) is 33.1 Å². The lowest BCUT2D eigenvalue weighted by Gasteiger charge is -2.37. The number of hydrogen-bond acceptors (Lipinski definition) is 1. The van der Waals surface area contributed by atoms with Crippen LogP contribution < -0.4 is 0 Å². The normalized spacial score (nSPS) is 32.2. The summed E-state index contributed by atoms with van der Waals surface area (Å²) < 4.78 is 11.9. The summed E-state index contributed by atoms with van der Waals surface area (Å²) >= 11 is 0. The maximum atomic E-state index is 11.9. The van der Waals surface area contributed by atoms with Crippen LogP contribution in [0.25, 0.3) is 0 Å². The zero-order valence-electron chi connectivity index (χ0n) is 8.22. The molecule has 1 nitrogen and oxygen atoms in total. The van der Waals surface area contributed by atoms with E-state index in [1.807, 2.05) is 0 Å².